The zero-order valence-corrected chi connectivity index (χ0v) is 23.1. The second-order valence-electron chi connectivity index (χ2n) is 11.5. The summed E-state index contributed by atoms with van der Waals surface area (Å²) < 4.78 is 2.45. The van der Waals surface area contributed by atoms with Crippen LogP contribution in [0.3, 0.4) is 0 Å². The number of rotatable bonds is 2. The first-order valence-corrected chi connectivity index (χ1v) is 14.5. The topological polar surface area (TPSA) is 17.8 Å². The van der Waals surface area contributed by atoms with E-state index in [4.69, 9.17) is 4.98 Å². The van der Waals surface area contributed by atoms with Gasteiger partial charge in [-0.1, -0.05) is 115 Å². The molecule has 2 heterocycles. The highest BCUT2D eigenvalue weighted by molar-refractivity contribution is 6.33. The number of fused-ring (bicyclic) bond motifs is 7. The van der Waals surface area contributed by atoms with Crippen LogP contribution in [0.25, 0.3) is 65.3 Å². The Morgan fingerprint density at radius 1 is 0.732 bits per heavy atom. The van der Waals surface area contributed by atoms with Crippen molar-refractivity contribution in [3.05, 3.63) is 138 Å². The Hall–Kier alpha value is -4.95. The number of benzene rings is 6. The maximum atomic E-state index is 5.08. The summed E-state index contributed by atoms with van der Waals surface area (Å²) in [6.07, 6.45) is 11.6. The van der Waals surface area contributed by atoms with Crippen LogP contribution in [-0.4, -0.2) is 9.55 Å². The SMILES string of the molecule is C/C=C\C1=C(C)C2C=C(c3ccc4c5cccc6cccc(c7cccc3c74)c65)C=CC2n2c1nc1ccccc12. The summed E-state index contributed by atoms with van der Waals surface area (Å²) in [5.41, 5.74) is 7.45. The minimum atomic E-state index is 0.208. The predicted octanol–water partition coefficient (Wildman–Crippen LogP) is 10.3. The second-order valence-corrected chi connectivity index (χ2v) is 11.5. The molecule has 0 spiro atoms. The fraction of sp³-hybridized carbons (Fsp3) is 0.103. The molecule has 1 aromatic heterocycles. The van der Waals surface area contributed by atoms with Gasteiger partial charge in [0.05, 0.1) is 17.1 Å². The minimum Gasteiger partial charge on any atom is -0.316 e. The number of allylic oxidation sites excluding steroid dienone is 8. The van der Waals surface area contributed by atoms with Crippen molar-refractivity contribution in [3.63, 3.8) is 0 Å². The van der Waals surface area contributed by atoms with E-state index in [1.165, 1.54) is 70.9 Å². The van der Waals surface area contributed by atoms with Gasteiger partial charge in [0.2, 0.25) is 0 Å². The van der Waals surface area contributed by atoms with Crippen molar-refractivity contribution in [1.82, 2.24) is 9.55 Å². The van der Waals surface area contributed by atoms with E-state index in [-0.39, 0.29) is 12.0 Å². The summed E-state index contributed by atoms with van der Waals surface area (Å²) in [6, 6.07) is 33.7. The van der Waals surface area contributed by atoms with Crippen LogP contribution in [0.5, 0.6) is 0 Å². The van der Waals surface area contributed by atoms with Crippen molar-refractivity contribution < 1.29 is 0 Å². The van der Waals surface area contributed by atoms with Gasteiger partial charge < -0.3 is 4.57 Å². The zero-order valence-electron chi connectivity index (χ0n) is 23.1. The average Bonchev–Trinajstić information content (AvgIpc) is 3.41. The molecule has 7 aromatic rings. The van der Waals surface area contributed by atoms with Gasteiger partial charge in [-0.05, 0) is 80.2 Å². The van der Waals surface area contributed by atoms with E-state index in [1.54, 1.807) is 0 Å². The normalized spacial score (nSPS) is 18.8. The molecule has 2 aliphatic rings. The molecule has 0 bridgehead atoms. The van der Waals surface area contributed by atoms with Crippen molar-refractivity contribution in [2.24, 2.45) is 5.92 Å². The number of aromatic nitrogens is 2. The Bertz CT molecular complexity index is 2290. The van der Waals surface area contributed by atoms with Gasteiger partial charge in [0.25, 0.3) is 0 Å². The van der Waals surface area contributed by atoms with Crippen molar-refractivity contribution in [2.45, 2.75) is 19.9 Å². The molecule has 0 radical (unpaired) electrons. The van der Waals surface area contributed by atoms with Crippen LogP contribution in [0.2, 0.25) is 0 Å². The van der Waals surface area contributed by atoms with Crippen molar-refractivity contribution >= 4 is 65.3 Å². The van der Waals surface area contributed by atoms with E-state index in [1.807, 2.05) is 0 Å². The largest absolute Gasteiger partial charge is 0.316 e. The molecule has 194 valence electrons. The van der Waals surface area contributed by atoms with E-state index < -0.39 is 0 Å². The third kappa shape index (κ3) is 3.00. The summed E-state index contributed by atoms with van der Waals surface area (Å²) in [7, 11) is 0. The van der Waals surface area contributed by atoms with Crippen LogP contribution >= 0.6 is 0 Å². The monoisotopic (exact) mass is 524 g/mol. The van der Waals surface area contributed by atoms with Crippen molar-refractivity contribution in [2.75, 3.05) is 0 Å². The van der Waals surface area contributed by atoms with E-state index in [9.17, 15) is 0 Å². The number of hydrogen-bond acceptors (Lipinski definition) is 1. The third-order valence-corrected chi connectivity index (χ3v) is 9.43. The van der Waals surface area contributed by atoms with E-state index in [0.717, 1.165) is 11.3 Å². The first-order chi connectivity index (χ1) is 20.2. The summed E-state index contributed by atoms with van der Waals surface area (Å²) >= 11 is 0. The van der Waals surface area contributed by atoms with Gasteiger partial charge in [0, 0.05) is 11.5 Å². The quantitative estimate of drug-likeness (QED) is 0.162. The number of imidazole rings is 1. The molecule has 2 heteroatoms. The van der Waals surface area contributed by atoms with Crippen molar-refractivity contribution in [3.8, 4) is 0 Å². The van der Waals surface area contributed by atoms with E-state index in [2.05, 4.69) is 140 Å². The summed E-state index contributed by atoms with van der Waals surface area (Å²) in [6.45, 7) is 4.38. The molecule has 41 heavy (non-hydrogen) atoms. The van der Waals surface area contributed by atoms with Gasteiger partial charge in [-0.15, -0.1) is 0 Å². The Kier molecular flexibility index (Phi) is 4.61. The maximum Gasteiger partial charge on any atom is 0.141 e. The minimum absolute atomic E-state index is 0.208. The van der Waals surface area contributed by atoms with Crippen LogP contribution in [0, 0.1) is 5.92 Å². The van der Waals surface area contributed by atoms with Gasteiger partial charge in [-0.3, -0.25) is 0 Å². The molecule has 1 aliphatic carbocycles. The standard InChI is InChI=1S/C39H28N2/c1-3-9-26-23(2)33-22-25(18-21-35(33)41-36-17-5-4-16-34(36)40-39(26)41)27-19-20-32-30-13-7-11-24-10-6-12-29(37(24)30)31-15-8-14-28(27)38(31)32/h3-22,33,35H,1-2H3/b9-3-. The zero-order chi connectivity index (χ0) is 27.2. The molecule has 9 rings (SSSR count). The van der Waals surface area contributed by atoms with Crippen LogP contribution in [0.1, 0.15) is 31.3 Å². The fourth-order valence-corrected chi connectivity index (χ4v) is 7.64. The molecule has 1 aliphatic heterocycles. The predicted molar refractivity (Wildman–Crippen MR) is 174 cm³/mol. The van der Waals surface area contributed by atoms with Crippen LogP contribution in [-0.2, 0) is 0 Å². The lowest BCUT2D eigenvalue weighted by molar-refractivity contribution is 0.499. The lowest BCUT2D eigenvalue weighted by atomic mass is 9.78. The Labute approximate surface area is 238 Å². The molecule has 0 fully saturated rings. The molecule has 2 atom stereocenters. The third-order valence-electron chi connectivity index (χ3n) is 9.43. The Morgan fingerprint density at radius 2 is 1.44 bits per heavy atom. The Morgan fingerprint density at radius 3 is 2.24 bits per heavy atom. The molecule has 2 nitrogen and oxygen atoms in total. The van der Waals surface area contributed by atoms with Crippen LogP contribution in [0.4, 0.5) is 0 Å². The number of hydrogen-bond donors (Lipinski definition) is 0. The molecular weight excluding hydrogens is 496 g/mol. The highest BCUT2D eigenvalue weighted by Gasteiger charge is 2.34. The first-order valence-electron chi connectivity index (χ1n) is 14.5. The van der Waals surface area contributed by atoms with Crippen LogP contribution < -0.4 is 0 Å². The van der Waals surface area contributed by atoms with Gasteiger partial charge in [0.15, 0.2) is 0 Å². The molecule has 0 N–H and O–H groups in total. The van der Waals surface area contributed by atoms with Crippen LogP contribution in [0.15, 0.2) is 127 Å². The van der Waals surface area contributed by atoms with E-state index >= 15 is 0 Å². The average molecular weight is 525 g/mol. The molecular formula is C39H28N2. The first kappa shape index (κ1) is 22.8. The van der Waals surface area contributed by atoms with Gasteiger partial charge in [-0.2, -0.15) is 0 Å². The molecule has 2 unspecified atom stereocenters. The number of nitrogens with zero attached hydrogens (tertiary/aromatic N) is 2. The molecule has 0 saturated carbocycles. The second kappa shape index (κ2) is 8.28. The highest BCUT2D eigenvalue weighted by atomic mass is 15.1. The van der Waals surface area contributed by atoms with Gasteiger partial charge in [0.1, 0.15) is 5.82 Å². The lowest BCUT2D eigenvalue weighted by Crippen LogP contribution is -2.26. The fourth-order valence-electron chi connectivity index (χ4n) is 7.64. The molecule has 0 saturated heterocycles. The summed E-state index contributed by atoms with van der Waals surface area (Å²) in [5.74, 6) is 1.32. The number of para-hydroxylation sites is 2. The lowest BCUT2D eigenvalue weighted by Gasteiger charge is -2.35. The van der Waals surface area contributed by atoms with E-state index in [0.29, 0.717) is 0 Å². The van der Waals surface area contributed by atoms with Crippen molar-refractivity contribution in [1.29, 1.82) is 0 Å². The molecule has 0 amide bonds. The molecule has 6 aromatic carbocycles. The summed E-state index contributed by atoms with van der Waals surface area (Å²) in [4.78, 5) is 5.08. The smallest absolute Gasteiger partial charge is 0.141 e. The van der Waals surface area contributed by atoms with Gasteiger partial charge in [-0.25, -0.2) is 4.98 Å². The summed E-state index contributed by atoms with van der Waals surface area (Å²) in [5, 5.41) is 10.7. The Balaban J connectivity index is 1.29. The van der Waals surface area contributed by atoms with Gasteiger partial charge >= 0.3 is 0 Å². The highest BCUT2D eigenvalue weighted by Crippen LogP contribution is 2.47. The maximum absolute atomic E-state index is 5.08.